The monoisotopic (exact) mass is 579 g/mol. The maximum absolute atomic E-state index is 13.6. The molecule has 2 aliphatic rings. The summed E-state index contributed by atoms with van der Waals surface area (Å²) in [6.45, 7) is 5.24. The van der Waals surface area contributed by atoms with E-state index < -0.39 is 6.04 Å². The van der Waals surface area contributed by atoms with Crippen molar-refractivity contribution < 1.29 is 23.8 Å². The molecule has 3 heterocycles. The molecular formula is C30H34ClN5O5. The normalized spacial score (nSPS) is 16.6. The van der Waals surface area contributed by atoms with Gasteiger partial charge in [-0.1, -0.05) is 23.7 Å². The van der Waals surface area contributed by atoms with Crippen molar-refractivity contribution in [2.75, 3.05) is 32.8 Å². The first-order chi connectivity index (χ1) is 19.8. The van der Waals surface area contributed by atoms with Crippen LogP contribution < -0.4 is 20.1 Å². The van der Waals surface area contributed by atoms with Crippen LogP contribution in [0.1, 0.15) is 54.2 Å². The first kappa shape index (κ1) is 28.6. The third kappa shape index (κ3) is 6.08. The minimum absolute atomic E-state index is 0.210. The molecular weight excluding hydrogens is 546 g/mol. The van der Waals surface area contributed by atoms with Crippen LogP contribution in [0.3, 0.4) is 0 Å². The molecule has 2 amide bonds. The average Bonchev–Trinajstić information content (AvgIpc) is 3.33. The number of rotatable bonds is 9. The summed E-state index contributed by atoms with van der Waals surface area (Å²) in [5.74, 6) is 1.17. The number of ether oxygens (including phenoxy) is 3. The van der Waals surface area contributed by atoms with E-state index in [0.29, 0.717) is 58.1 Å². The number of nitrogens with one attached hydrogen (secondary N) is 2. The molecule has 10 nitrogen and oxygen atoms in total. The van der Waals surface area contributed by atoms with E-state index in [4.69, 9.17) is 25.8 Å². The molecule has 0 bridgehead atoms. The van der Waals surface area contributed by atoms with E-state index in [1.54, 1.807) is 38.3 Å². The molecule has 1 aromatic heterocycles. The predicted octanol–water partition coefficient (Wildman–Crippen LogP) is 4.63. The van der Waals surface area contributed by atoms with Gasteiger partial charge in [-0.15, -0.1) is 0 Å². The second-order valence-corrected chi connectivity index (χ2v) is 10.6. The molecule has 0 aliphatic carbocycles. The molecule has 2 aliphatic heterocycles. The van der Waals surface area contributed by atoms with Crippen LogP contribution in [0.15, 0.2) is 42.6 Å². The van der Waals surface area contributed by atoms with Crippen LogP contribution in [0.25, 0.3) is 11.3 Å². The number of benzene rings is 2. The van der Waals surface area contributed by atoms with Crippen molar-refractivity contribution in [2.24, 2.45) is 0 Å². The van der Waals surface area contributed by atoms with E-state index in [9.17, 15) is 9.59 Å². The fourth-order valence-electron chi connectivity index (χ4n) is 5.16. The zero-order valence-corrected chi connectivity index (χ0v) is 24.3. The Morgan fingerprint density at radius 1 is 1.15 bits per heavy atom. The van der Waals surface area contributed by atoms with Crippen molar-refractivity contribution >= 4 is 29.4 Å². The van der Waals surface area contributed by atoms with Crippen molar-refractivity contribution in [3.05, 3.63) is 64.3 Å². The number of methoxy groups -OCH3 is 2. The highest BCUT2D eigenvalue weighted by Crippen LogP contribution is 2.38. The Labute approximate surface area is 244 Å². The first-order valence-corrected chi connectivity index (χ1v) is 14.0. The Bertz CT molecular complexity index is 1440. The molecule has 1 fully saturated rings. The number of aromatic nitrogens is 2. The number of fused-ring (bicyclic) bond motifs is 1. The SMILES string of the molecule is COc1cccc(C(C)NC(=O)C(C)N2Cc3c(OC)cc(-c4nc(NC5CCOCC5)ncc4Cl)cc3C2=O)c1. The van der Waals surface area contributed by atoms with Crippen molar-refractivity contribution in [1.29, 1.82) is 0 Å². The molecule has 2 unspecified atom stereocenters. The minimum atomic E-state index is -0.714. The maximum Gasteiger partial charge on any atom is 0.255 e. The summed E-state index contributed by atoms with van der Waals surface area (Å²) >= 11 is 6.53. The van der Waals surface area contributed by atoms with E-state index in [2.05, 4.69) is 20.6 Å². The highest BCUT2D eigenvalue weighted by molar-refractivity contribution is 6.33. The molecule has 5 rings (SSSR count). The lowest BCUT2D eigenvalue weighted by Crippen LogP contribution is -2.45. The Kier molecular flexibility index (Phi) is 8.60. The van der Waals surface area contributed by atoms with Gasteiger partial charge in [0.05, 0.1) is 43.7 Å². The number of halogens is 1. The average molecular weight is 580 g/mol. The van der Waals surface area contributed by atoms with Crippen molar-refractivity contribution in [3.63, 3.8) is 0 Å². The number of hydrogen-bond donors (Lipinski definition) is 2. The summed E-state index contributed by atoms with van der Waals surface area (Å²) in [4.78, 5) is 37.4. The molecule has 0 radical (unpaired) electrons. The standard InChI is InChI=1S/C30H34ClN5O5/c1-17(19-6-5-7-22(12-19)39-3)33-28(37)18(2)36-16-24-23(29(36)38)13-20(14-26(24)40-4)27-25(31)15-32-30(35-27)34-21-8-10-41-11-9-21/h5-7,12-15,17-18,21H,8-11,16H2,1-4H3,(H,33,37)(H,32,34,35). The van der Waals surface area contributed by atoms with Gasteiger partial charge < -0.3 is 29.7 Å². The number of carbonyl (C=O) groups excluding carboxylic acids is 2. The Morgan fingerprint density at radius 2 is 1.93 bits per heavy atom. The Balaban J connectivity index is 1.36. The van der Waals surface area contributed by atoms with Gasteiger partial charge in [-0.2, -0.15) is 0 Å². The summed E-state index contributed by atoms with van der Waals surface area (Å²) < 4.78 is 16.4. The predicted molar refractivity (Wildman–Crippen MR) is 155 cm³/mol. The Hall–Kier alpha value is -3.89. The van der Waals surface area contributed by atoms with Gasteiger partial charge in [0.1, 0.15) is 17.5 Å². The van der Waals surface area contributed by atoms with Gasteiger partial charge >= 0.3 is 0 Å². The largest absolute Gasteiger partial charge is 0.497 e. The summed E-state index contributed by atoms with van der Waals surface area (Å²) in [5, 5.41) is 6.73. The van der Waals surface area contributed by atoms with Crippen LogP contribution in [-0.4, -0.2) is 66.2 Å². The molecule has 2 aromatic carbocycles. The van der Waals surface area contributed by atoms with Crippen LogP contribution in [0, 0.1) is 0 Å². The molecule has 11 heteroatoms. The van der Waals surface area contributed by atoms with Crippen LogP contribution in [0.4, 0.5) is 5.95 Å². The number of nitrogens with zero attached hydrogens (tertiary/aromatic N) is 3. The Morgan fingerprint density at radius 3 is 2.66 bits per heavy atom. The molecule has 216 valence electrons. The third-order valence-corrected chi connectivity index (χ3v) is 7.90. The smallest absolute Gasteiger partial charge is 0.255 e. The second-order valence-electron chi connectivity index (χ2n) is 10.2. The lowest BCUT2D eigenvalue weighted by Gasteiger charge is -2.25. The minimum Gasteiger partial charge on any atom is -0.497 e. The quantitative estimate of drug-likeness (QED) is 0.377. The van der Waals surface area contributed by atoms with Gasteiger partial charge in [0.15, 0.2) is 0 Å². The molecule has 41 heavy (non-hydrogen) atoms. The van der Waals surface area contributed by atoms with E-state index >= 15 is 0 Å². The number of hydrogen-bond acceptors (Lipinski definition) is 8. The topological polar surface area (TPSA) is 115 Å². The van der Waals surface area contributed by atoms with E-state index in [1.165, 1.54) is 0 Å². The summed E-state index contributed by atoms with van der Waals surface area (Å²) in [6.07, 6.45) is 3.28. The lowest BCUT2D eigenvalue weighted by molar-refractivity contribution is -0.125. The molecule has 2 atom stereocenters. The number of amides is 2. The summed E-state index contributed by atoms with van der Waals surface area (Å²) in [7, 11) is 3.15. The zero-order chi connectivity index (χ0) is 29.1. The second kappa shape index (κ2) is 12.3. The van der Waals surface area contributed by atoms with Crippen molar-refractivity contribution in [1.82, 2.24) is 20.2 Å². The van der Waals surface area contributed by atoms with E-state index in [0.717, 1.165) is 18.4 Å². The highest BCUT2D eigenvalue weighted by Gasteiger charge is 2.37. The highest BCUT2D eigenvalue weighted by atomic mass is 35.5. The summed E-state index contributed by atoms with van der Waals surface area (Å²) in [6, 6.07) is 10.3. The zero-order valence-electron chi connectivity index (χ0n) is 23.6. The van der Waals surface area contributed by atoms with Crippen LogP contribution >= 0.6 is 11.6 Å². The molecule has 3 aromatic rings. The lowest BCUT2D eigenvalue weighted by atomic mass is 10.0. The number of carbonyl (C=O) groups is 2. The van der Waals surface area contributed by atoms with Gasteiger partial charge in [0.2, 0.25) is 11.9 Å². The fourth-order valence-corrected chi connectivity index (χ4v) is 5.36. The first-order valence-electron chi connectivity index (χ1n) is 13.6. The number of anilines is 1. The van der Waals surface area contributed by atoms with E-state index in [1.807, 2.05) is 37.3 Å². The molecule has 1 saturated heterocycles. The fraction of sp³-hybridized carbons (Fsp3) is 0.400. The van der Waals surface area contributed by atoms with Gasteiger partial charge in [0, 0.05) is 35.9 Å². The van der Waals surface area contributed by atoms with Gasteiger partial charge in [-0.25, -0.2) is 9.97 Å². The van der Waals surface area contributed by atoms with Gasteiger partial charge in [-0.05, 0) is 56.5 Å². The van der Waals surface area contributed by atoms with Crippen molar-refractivity contribution in [3.8, 4) is 22.8 Å². The molecule has 0 saturated carbocycles. The maximum atomic E-state index is 13.6. The van der Waals surface area contributed by atoms with Gasteiger partial charge in [-0.3, -0.25) is 9.59 Å². The van der Waals surface area contributed by atoms with Gasteiger partial charge in [0.25, 0.3) is 5.91 Å². The van der Waals surface area contributed by atoms with Crippen LogP contribution in [0.5, 0.6) is 11.5 Å². The van der Waals surface area contributed by atoms with E-state index in [-0.39, 0.29) is 30.4 Å². The third-order valence-electron chi connectivity index (χ3n) is 7.62. The van der Waals surface area contributed by atoms with Crippen LogP contribution in [0.2, 0.25) is 5.02 Å². The van der Waals surface area contributed by atoms with Crippen LogP contribution in [-0.2, 0) is 16.1 Å². The van der Waals surface area contributed by atoms with Crippen molar-refractivity contribution in [2.45, 2.75) is 51.4 Å². The summed E-state index contributed by atoms with van der Waals surface area (Å²) in [5.41, 5.74) is 3.18. The molecule has 2 N–H and O–H groups in total. The molecule has 0 spiro atoms.